The molecule has 0 spiro atoms. The molecule has 0 saturated carbocycles. The van der Waals surface area contributed by atoms with E-state index < -0.39 is 21.1 Å². The molecule has 7 heteroatoms. The van der Waals surface area contributed by atoms with E-state index in [2.05, 4.69) is 0 Å². The number of sulfonamides is 1. The predicted molar refractivity (Wildman–Crippen MR) is 81.0 cm³/mol. The number of esters is 1. The van der Waals surface area contributed by atoms with Gasteiger partial charge in [-0.1, -0.05) is 41.9 Å². The van der Waals surface area contributed by atoms with Crippen molar-refractivity contribution >= 4 is 27.6 Å². The Bertz CT molecular complexity index is 894. The number of carbonyl (C=O) groups is 1. The third-order valence-corrected chi connectivity index (χ3v) is 5.14. The van der Waals surface area contributed by atoms with Gasteiger partial charge in [-0.25, -0.2) is 18.4 Å². The Morgan fingerprint density at radius 3 is 2.55 bits per heavy atom. The number of hydrogen-bond acceptors (Lipinski definition) is 4. The third kappa shape index (κ3) is 2.20. The first-order valence-electron chi connectivity index (χ1n) is 6.39. The Kier molecular flexibility index (Phi) is 3.28. The first-order valence-corrected chi connectivity index (χ1v) is 8.31. The SMILES string of the molecule is Cc1ccc(C2(Cl)OC(=O)c3ccccc32)cc1S(N)(=O)=O. The molecular formula is C15H12ClNO4S. The van der Waals surface area contributed by atoms with Crippen LogP contribution in [0.3, 0.4) is 0 Å². The van der Waals surface area contributed by atoms with E-state index >= 15 is 0 Å². The van der Waals surface area contributed by atoms with Crippen molar-refractivity contribution in [2.45, 2.75) is 16.9 Å². The molecule has 22 heavy (non-hydrogen) atoms. The largest absolute Gasteiger partial charge is 0.431 e. The highest BCUT2D eigenvalue weighted by Crippen LogP contribution is 2.45. The number of rotatable bonds is 2. The molecule has 0 fully saturated rings. The van der Waals surface area contributed by atoms with Crippen molar-refractivity contribution in [2.24, 2.45) is 5.14 Å². The van der Waals surface area contributed by atoms with Crippen LogP contribution in [-0.2, 0) is 19.8 Å². The summed E-state index contributed by atoms with van der Waals surface area (Å²) in [6.45, 7) is 1.62. The maximum Gasteiger partial charge on any atom is 0.340 e. The maximum absolute atomic E-state index is 12.0. The smallest absolute Gasteiger partial charge is 0.340 e. The van der Waals surface area contributed by atoms with Crippen molar-refractivity contribution in [3.8, 4) is 0 Å². The summed E-state index contributed by atoms with van der Waals surface area (Å²) in [5, 5.41) is 3.66. The van der Waals surface area contributed by atoms with Crippen LogP contribution in [0.2, 0.25) is 0 Å². The molecule has 3 rings (SSSR count). The maximum atomic E-state index is 12.0. The quantitative estimate of drug-likeness (QED) is 0.672. The minimum Gasteiger partial charge on any atom is -0.431 e. The first-order chi connectivity index (χ1) is 10.2. The number of aryl methyl sites for hydroxylation is 1. The van der Waals surface area contributed by atoms with Crippen LogP contribution in [0.15, 0.2) is 47.4 Å². The van der Waals surface area contributed by atoms with Crippen LogP contribution in [0.5, 0.6) is 0 Å². The van der Waals surface area contributed by atoms with Crippen molar-refractivity contribution < 1.29 is 17.9 Å². The lowest BCUT2D eigenvalue weighted by Gasteiger charge is -2.22. The molecule has 1 aliphatic rings. The Hall–Kier alpha value is -1.89. The molecule has 1 aliphatic heterocycles. The van der Waals surface area contributed by atoms with Gasteiger partial charge in [-0.15, -0.1) is 0 Å². The zero-order valence-electron chi connectivity index (χ0n) is 11.5. The van der Waals surface area contributed by atoms with E-state index in [9.17, 15) is 13.2 Å². The Morgan fingerprint density at radius 1 is 1.18 bits per heavy atom. The van der Waals surface area contributed by atoms with Gasteiger partial charge in [-0.3, -0.25) is 0 Å². The highest BCUT2D eigenvalue weighted by atomic mass is 35.5. The molecule has 1 heterocycles. The lowest BCUT2D eigenvalue weighted by Crippen LogP contribution is -2.22. The number of cyclic esters (lactones) is 1. The molecule has 0 amide bonds. The summed E-state index contributed by atoms with van der Waals surface area (Å²) in [7, 11) is -3.90. The summed E-state index contributed by atoms with van der Waals surface area (Å²) in [6, 6.07) is 11.2. The van der Waals surface area contributed by atoms with Crippen LogP contribution in [0.4, 0.5) is 0 Å². The Labute approximate surface area is 132 Å². The molecule has 5 nitrogen and oxygen atoms in total. The fraction of sp³-hybridized carbons (Fsp3) is 0.133. The number of benzene rings is 2. The van der Waals surface area contributed by atoms with Gasteiger partial charge in [0.15, 0.2) is 0 Å². The van der Waals surface area contributed by atoms with E-state index in [4.69, 9.17) is 21.5 Å². The summed E-state index contributed by atoms with van der Waals surface area (Å²) in [4.78, 5) is 11.9. The molecule has 0 aromatic heterocycles. The summed E-state index contributed by atoms with van der Waals surface area (Å²) in [5.41, 5.74) is 1.66. The Balaban J connectivity index is 2.23. The van der Waals surface area contributed by atoms with Gasteiger partial charge >= 0.3 is 5.97 Å². The summed E-state index contributed by atoms with van der Waals surface area (Å²) < 4.78 is 28.6. The summed E-state index contributed by atoms with van der Waals surface area (Å²) >= 11 is 6.52. The van der Waals surface area contributed by atoms with Crippen molar-refractivity contribution in [3.05, 3.63) is 64.7 Å². The Morgan fingerprint density at radius 2 is 1.86 bits per heavy atom. The lowest BCUT2D eigenvalue weighted by atomic mass is 9.98. The van der Waals surface area contributed by atoms with Gasteiger partial charge in [0.25, 0.3) is 0 Å². The zero-order chi connectivity index (χ0) is 16.1. The standard InChI is InChI=1S/C15H12ClNO4S/c1-9-6-7-10(8-13(9)22(17,19)20)15(16)12-5-3-2-4-11(12)14(18)21-15/h2-8H,1H3,(H2,17,19,20). The minimum atomic E-state index is -3.90. The molecule has 0 saturated heterocycles. The normalized spacial score (nSPS) is 20.6. The number of hydrogen-bond donors (Lipinski definition) is 1. The van der Waals surface area contributed by atoms with Gasteiger partial charge < -0.3 is 4.74 Å². The molecule has 0 bridgehead atoms. The van der Waals surface area contributed by atoms with Crippen molar-refractivity contribution in [2.75, 3.05) is 0 Å². The number of ether oxygens (including phenoxy) is 1. The van der Waals surface area contributed by atoms with E-state index in [0.29, 0.717) is 22.3 Å². The van der Waals surface area contributed by atoms with Gasteiger partial charge in [-0.05, 0) is 24.6 Å². The molecular weight excluding hydrogens is 326 g/mol. The molecule has 0 radical (unpaired) electrons. The van der Waals surface area contributed by atoms with Gasteiger partial charge in [-0.2, -0.15) is 0 Å². The summed E-state index contributed by atoms with van der Waals surface area (Å²) in [5.74, 6) is -0.552. The van der Waals surface area contributed by atoms with Crippen LogP contribution < -0.4 is 5.14 Å². The van der Waals surface area contributed by atoms with E-state index in [-0.39, 0.29) is 4.90 Å². The van der Waals surface area contributed by atoms with Crippen molar-refractivity contribution in [3.63, 3.8) is 0 Å². The fourth-order valence-corrected chi connectivity index (χ4v) is 3.66. The third-order valence-electron chi connectivity index (χ3n) is 3.59. The van der Waals surface area contributed by atoms with Crippen LogP contribution in [0.1, 0.15) is 27.0 Å². The molecule has 114 valence electrons. The second-order valence-electron chi connectivity index (χ2n) is 5.06. The second kappa shape index (κ2) is 4.81. The van der Waals surface area contributed by atoms with E-state index in [1.165, 1.54) is 6.07 Å². The lowest BCUT2D eigenvalue weighted by molar-refractivity contribution is 0.0366. The van der Waals surface area contributed by atoms with Crippen LogP contribution in [0.25, 0.3) is 0 Å². The van der Waals surface area contributed by atoms with Crippen LogP contribution in [0, 0.1) is 6.92 Å². The number of primary sulfonamides is 1. The minimum absolute atomic E-state index is 0.0505. The van der Waals surface area contributed by atoms with Crippen molar-refractivity contribution in [1.82, 2.24) is 0 Å². The molecule has 1 atom stereocenters. The van der Waals surface area contributed by atoms with E-state index in [1.807, 2.05) is 0 Å². The zero-order valence-corrected chi connectivity index (χ0v) is 13.1. The number of fused-ring (bicyclic) bond motifs is 1. The van der Waals surface area contributed by atoms with E-state index in [0.717, 1.165) is 0 Å². The van der Waals surface area contributed by atoms with Crippen molar-refractivity contribution in [1.29, 1.82) is 0 Å². The van der Waals surface area contributed by atoms with Crippen LogP contribution >= 0.6 is 11.6 Å². The fourth-order valence-electron chi connectivity index (χ4n) is 2.50. The molecule has 2 aromatic carbocycles. The monoisotopic (exact) mass is 337 g/mol. The molecule has 0 aliphatic carbocycles. The average Bonchev–Trinajstić information content (AvgIpc) is 2.71. The number of halogens is 1. The van der Waals surface area contributed by atoms with Gasteiger partial charge in [0.05, 0.1) is 10.5 Å². The highest BCUT2D eigenvalue weighted by molar-refractivity contribution is 7.89. The highest BCUT2D eigenvalue weighted by Gasteiger charge is 2.45. The second-order valence-corrected chi connectivity index (χ2v) is 7.12. The number of alkyl halides is 1. The topological polar surface area (TPSA) is 86.5 Å². The predicted octanol–water partition coefficient (Wildman–Crippen LogP) is 2.25. The van der Waals surface area contributed by atoms with Gasteiger partial charge in [0, 0.05) is 11.1 Å². The average molecular weight is 338 g/mol. The van der Waals surface area contributed by atoms with Gasteiger partial charge in [0.2, 0.25) is 15.1 Å². The molecule has 1 unspecified atom stereocenters. The summed E-state index contributed by atoms with van der Waals surface area (Å²) in [6.07, 6.45) is 0. The number of carbonyl (C=O) groups excluding carboxylic acids is 1. The first kappa shape index (κ1) is 15.0. The van der Waals surface area contributed by atoms with Crippen LogP contribution in [-0.4, -0.2) is 14.4 Å². The number of nitrogens with two attached hydrogens (primary N) is 1. The molecule has 2 aromatic rings. The molecule has 2 N–H and O–H groups in total. The van der Waals surface area contributed by atoms with E-state index in [1.54, 1.807) is 43.3 Å². The van der Waals surface area contributed by atoms with Gasteiger partial charge in [0.1, 0.15) is 0 Å².